The van der Waals surface area contributed by atoms with Gasteiger partial charge < -0.3 is 10.1 Å². The van der Waals surface area contributed by atoms with E-state index >= 15 is 0 Å². The van der Waals surface area contributed by atoms with Crippen molar-refractivity contribution in [2.45, 2.75) is 26.4 Å². The zero-order chi connectivity index (χ0) is 13.0. The van der Waals surface area contributed by atoms with Crippen molar-refractivity contribution in [3.8, 4) is 5.75 Å². The minimum absolute atomic E-state index is 0.218. The summed E-state index contributed by atoms with van der Waals surface area (Å²) in [6.45, 7) is 4.06. The van der Waals surface area contributed by atoms with E-state index in [1.165, 1.54) is 10.4 Å². The van der Waals surface area contributed by atoms with Gasteiger partial charge in [-0.15, -0.1) is 11.3 Å². The predicted molar refractivity (Wildman–Crippen MR) is 76.7 cm³/mol. The summed E-state index contributed by atoms with van der Waals surface area (Å²) in [4.78, 5) is 5.53. The Kier molecular flexibility index (Phi) is 4.20. The van der Waals surface area contributed by atoms with Crippen LogP contribution in [0.1, 0.15) is 24.3 Å². The van der Waals surface area contributed by atoms with Crippen LogP contribution in [-0.2, 0) is 6.42 Å². The average Bonchev–Trinajstić information content (AvgIpc) is 2.79. The molecular formula is C14H18N2OS. The van der Waals surface area contributed by atoms with Crippen molar-refractivity contribution in [1.82, 2.24) is 4.98 Å². The van der Waals surface area contributed by atoms with Crippen molar-refractivity contribution >= 4 is 16.5 Å². The first-order valence-corrected chi connectivity index (χ1v) is 6.87. The molecule has 0 aliphatic carbocycles. The lowest BCUT2D eigenvalue weighted by molar-refractivity contribution is 0.242. The third-order valence-corrected chi connectivity index (χ3v) is 3.46. The van der Waals surface area contributed by atoms with Crippen LogP contribution in [0.25, 0.3) is 0 Å². The lowest BCUT2D eigenvalue weighted by Gasteiger charge is -2.09. The molecule has 96 valence electrons. The summed E-state index contributed by atoms with van der Waals surface area (Å²) in [5, 5.41) is 4.01. The van der Waals surface area contributed by atoms with Crippen LogP contribution < -0.4 is 10.1 Å². The Morgan fingerprint density at radius 2 is 2.00 bits per heavy atom. The Balaban J connectivity index is 2.01. The highest BCUT2D eigenvalue weighted by Crippen LogP contribution is 2.22. The number of nitrogens with one attached hydrogen (secondary N) is 1. The molecule has 2 aromatic rings. The summed E-state index contributed by atoms with van der Waals surface area (Å²) in [5.41, 5.74) is 1.28. The molecule has 0 saturated carbocycles. The molecule has 18 heavy (non-hydrogen) atoms. The normalized spacial score (nSPS) is 10.7. The molecule has 1 aromatic carbocycles. The van der Waals surface area contributed by atoms with Gasteiger partial charge in [0.15, 0.2) is 5.13 Å². The molecule has 2 rings (SSSR count). The maximum atomic E-state index is 5.62. The van der Waals surface area contributed by atoms with Gasteiger partial charge in [-0.05, 0) is 31.5 Å². The van der Waals surface area contributed by atoms with Crippen molar-refractivity contribution in [1.29, 1.82) is 0 Å². The first-order valence-electron chi connectivity index (χ1n) is 6.05. The molecule has 0 aliphatic rings. The number of hydrogen-bond donors (Lipinski definition) is 1. The van der Waals surface area contributed by atoms with Gasteiger partial charge >= 0.3 is 0 Å². The molecule has 0 radical (unpaired) electrons. The molecule has 0 fully saturated rings. The van der Waals surface area contributed by atoms with E-state index in [4.69, 9.17) is 4.74 Å². The highest BCUT2D eigenvalue weighted by Gasteiger charge is 2.03. The van der Waals surface area contributed by atoms with Gasteiger partial charge in [-0.1, -0.05) is 12.1 Å². The maximum Gasteiger partial charge on any atom is 0.182 e. The molecule has 0 aliphatic heterocycles. The lowest BCUT2D eigenvalue weighted by atomic mass is 10.1. The van der Waals surface area contributed by atoms with Gasteiger partial charge in [0, 0.05) is 24.5 Å². The molecule has 1 heterocycles. The van der Waals surface area contributed by atoms with E-state index in [-0.39, 0.29) is 6.10 Å². The van der Waals surface area contributed by atoms with Gasteiger partial charge in [0.2, 0.25) is 0 Å². The monoisotopic (exact) mass is 262 g/mol. The Bertz CT molecular complexity index is 491. The van der Waals surface area contributed by atoms with Crippen molar-refractivity contribution < 1.29 is 4.74 Å². The van der Waals surface area contributed by atoms with Crippen LogP contribution in [0, 0.1) is 0 Å². The molecule has 1 N–H and O–H groups in total. The average molecular weight is 262 g/mol. The minimum atomic E-state index is 0.218. The molecule has 0 atom stereocenters. The van der Waals surface area contributed by atoms with Crippen molar-refractivity contribution in [3.05, 3.63) is 40.9 Å². The summed E-state index contributed by atoms with van der Waals surface area (Å²) < 4.78 is 5.62. The zero-order valence-electron chi connectivity index (χ0n) is 10.9. The Morgan fingerprint density at radius 3 is 2.56 bits per heavy atom. The molecule has 1 aromatic heterocycles. The minimum Gasteiger partial charge on any atom is -0.491 e. The predicted octanol–water partition coefficient (Wildman–Crippen LogP) is 3.56. The van der Waals surface area contributed by atoms with E-state index in [0.29, 0.717) is 0 Å². The van der Waals surface area contributed by atoms with E-state index in [9.17, 15) is 0 Å². The van der Waals surface area contributed by atoms with Crippen LogP contribution in [0.2, 0.25) is 0 Å². The first-order chi connectivity index (χ1) is 8.67. The maximum absolute atomic E-state index is 5.62. The highest BCUT2D eigenvalue weighted by molar-refractivity contribution is 7.15. The summed E-state index contributed by atoms with van der Waals surface area (Å²) in [7, 11) is 1.89. The van der Waals surface area contributed by atoms with Gasteiger partial charge in [0.25, 0.3) is 0 Å². The molecule has 0 amide bonds. The fourth-order valence-electron chi connectivity index (χ4n) is 1.66. The first kappa shape index (κ1) is 12.9. The largest absolute Gasteiger partial charge is 0.491 e. The number of hydrogen-bond acceptors (Lipinski definition) is 4. The SMILES string of the molecule is CNc1ncc(Cc2ccc(OC(C)C)cc2)s1. The number of nitrogens with zero attached hydrogens (tertiary/aromatic N) is 1. The molecule has 0 bridgehead atoms. The highest BCUT2D eigenvalue weighted by atomic mass is 32.1. The third kappa shape index (κ3) is 3.47. The summed E-state index contributed by atoms with van der Waals surface area (Å²) in [5.74, 6) is 0.925. The van der Waals surface area contributed by atoms with Gasteiger partial charge in [-0.3, -0.25) is 0 Å². The summed E-state index contributed by atoms with van der Waals surface area (Å²) >= 11 is 1.69. The van der Waals surface area contributed by atoms with Crippen LogP contribution in [0.4, 0.5) is 5.13 Å². The van der Waals surface area contributed by atoms with Gasteiger partial charge in [-0.25, -0.2) is 4.98 Å². The van der Waals surface area contributed by atoms with Crippen LogP contribution in [0.3, 0.4) is 0 Å². The second-order valence-corrected chi connectivity index (χ2v) is 5.48. The quantitative estimate of drug-likeness (QED) is 0.894. The number of aromatic nitrogens is 1. The number of rotatable bonds is 5. The van der Waals surface area contributed by atoms with E-state index < -0.39 is 0 Å². The second-order valence-electron chi connectivity index (χ2n) is 4.37. The second kappa shape index (κ2) is 5.87. The molecule has 3 nitrogen and oxygen atoms in total. The van der Waals surface area contributed by atoms with Crippen LogP contribution in [0.15, 0.2) is 30.5 Å². The topological polar surface area (TPSA) is 34.2 Å². The fourth-order valence-corrected chi connectivity index (χ4v) is 2.46. The van der Waals surface area contributed by atoms with Crippen molar-refractivity contribution in [3.63, 3.8) is 0 Å². The Hall–Kier alpha value is -1.55. The molecule has 0 saturated heterocycles. The van der Waals surface area contributed by atoms with Crippen molar-refractivity contribution in [2.24, 2.45) is 0 Å². The summed E-state index contributed by atoms with van der Waals surface area (Å²) in [6.07, 6.45) is 3.06. The smallest absolute Gasteiger partial charge is 0.182 e. The van der Waals surface area contributed by atoms with Gasteiger partial charge in [-0.2, -0.15) is 0 Å². The van der Waals surface area contributed by atoms with E-state index in [1.807, 2.05) is 39.2 Å². The van der Waals surface area contributed by atoms with E-state index in [0.717, 1.165) is 17.3 Å². The Labute approximate surface area is 112 Å². The van der Waals surface area contributed by atoms with Crippen LogP contribution in [-0.4, -0.2) is 18.1 Å². The number of thiazole rings is 1. The fraction of sp³-hybridized carbons (Fsp3) is 0.357. The van der Waals surface area contributed by atoms with Gasteiger partial charge in [0.1, 0.15) is 5.75 Å². The third-order valence-electron chi connectivity index (χ3n) is 2.44. The van der Waals surface area contributed by atoms with Crippen LogP contribution >= 0.6 is 11.3 Å². The van der Waals surface area contributed by atoms with E-state index in [1.54, 1.807) is 11.3 Å². The molecule has 4 heteroatoms. The van der Waals surface area contributed by atoms with Gasteiger partial charge in [0.05, 0.1) is 6.10 Å². The number of ether oxygens (including phenoxy) is 1. The number of benzene rings is 1. The zero-order valence-corrected chi connectivity index (χ0v) is 11.8. The number of anilines is 1. The standard InChI is InChI=1S/C14H18N2OS/c1-10(2)17-12-6-4-11(5-7-12)8-13-9-16-14(15-3)18-13/h4-7,9-10H,8H2,1-3H3,(H,15,16). The molecule has 0 spiro atoms. The summed E-state index contributed by atoms with van der Waals surface area (Å²) in [6, 6.07) is 8.26. The van der Waals surface area contributed by atoms with E-state index in [2.05, 4.69) is 22.4 Å². The van der Waals surface area contributed by atoms with Crippen molar-refractivity contribution in [2.75, 3.05) is 12.4 Å². The van der Waals surface area contributed by atoms with Crippen LogP contribution in [0.5, 0.6) is 5.75 Å². The molecule has 0 unspecified atom stereocenters. The molecular weight excluding hydrogens is 244 g/mol. The lowest BCUT2D eigenvalue weighted by Crippen LogP contribution is -2.05. The Morgan fingerprint density at radius 1 is 1.28 bits per heavy atom.